The lowest BCUT2D eigenvalue weighted by Crippen LogP contribution is -2.17. The maximum absolute atomic E-state index is 5.85. The van der Waals surface area contributed by atoms with Gasteiger partial charge in [-0.3, -0.25) is 15.3 Å². The molecule has 4 heteroatoms. The molecule has 0 amide bonds. The molecule has 1 aliphatic heterocycles. The van der Waals surface area contributed by atoms with Crippen LogP contribution in [0, 0.1) is 0 Å². The van der Waals surface area contributed by atoms with Crippen molar-refractivity contribution in [1.82, 2.24) is 10.5 Å². The Labute approximate surface area is 155 Å². The molecule has 2 aromatic rings. The van der Waals surface area contributed by atoms with E-state index in [9.17, 15) is 0 Å². The lowest BCUT2D eigenvalue weighted by atomic mass is 10.1. The molecule has 0 bridgehead atoms. The van der Waals surface area contributed by atoms with E-state index in [2.05, 4.69) is 40.8 Å². The summed E-state index contributed by atoms with van der Waals surface area (Å²) in [4.78, 5) is 9.60. The Hall–Kier alpha value is -2.59. The van der Waals surface area contributed by atoms with Gasteiger partial charge in [-0.05, 0) is 67.5 Å². The number of aryl methyl sites for hydroxylation is 1. The summed E-state index contributed by atoms with van der Waals surface area (Å²) in [5.74, 6) is 0.906. The Kier molecular flexibility index (Phi) is 6.85. The zero-order valence-electron chi connectivity index (χ0n) is 15.2. The van der Waals surface area contributed by atoms with Gasteiger partial charge in [-0.1, -0.05) is 30.4 Å². The largest absolute Gasteiger partial charge is 0.494 e. The number of ether oxygens (including phenoxy) is 1. The molecular weight excluding hydrogens is 324 g/mol. The summed E-state index contributed by atoms with van der Waals surface area (Å²) < 4.78 is 5.85. The van der Waals surface area contributed by atoms with E-state index in [-0.39, 0.29) is 6.10 Å². The highest BCUT2D eigenvalue weighted by molar-refractivity contribution is 5.74. The summed E-state index contributed by atoms with van der Waals surface area (Å²) in [6.45, 7) is 2.77. The van der Waals surface area contributed by atoms with E-state index in [1.54, 1.807) is 0 Å². The zero-order valence-corrected chi connectivity index (χ0v) is 15.2. The summed E-state index contributed by atoms with van der Waals surface area (Å²) in [7, 11) is 0. The van der Waals surface area contributed by atoms with Crippen molar-refractivity contribution in [1.29, 1.82) is 0 Å². The Balaban J connectivity index is 1.43. The van der Waals surface area contributed by atoms with E-state index in [0.29, 0.717) is 0 Å². The van der Waals surface area contributed by atoms with Crippen LogP contribution in [0.1, 0.15) is 37.3 Å². The predicted octanol–water partition coefficient (Wildman–Crippen LogP) is 4.69. The molecule has 136 valence electrons. The van der Waals surface area contributed by atoms with E-state index in [0.717, 1.165) is 49.2 Å². The van der Waals surface area contributed by atoms with Crippen LogP contribution in [0.25, 0.3) is 5.57 Å². The minimum absolute atomic E-state index is 0.179. The summed E-state index contributed by atoms with van der Waals surface area (Å²) in [6, 6.07) is 12.3. The van der Waals surface area contributed by atoms with Gasteiger partial charge in [-0.15, -0.1) is 0 Å². The van der Waals surface area contributed by atoms with Gasteiger partial charge < -0.3 is 4.74 Å². The third kappa shape index (κ3) is 5.74. The molecule has 3 rings (SSSR count). The molecule has 0 radical (unpaired) electrons. The molecule has 1 aliphatic rings. The molecule has 4 nitrogen and oxygen atoms in total. The molecule has 0 spiro atoms. The van der Waals surface area contributed by atoms with Gasteiger partial charge >= 0.3 is 0 Å². The zero-order chi connectivity index (χ0) is 18.0. The molecule has 0 saturated carbocycles. The average molecular weight is 350 g/mol. The Morgan fingerprint density at radius 2 is 2.08 bits per heavy atom. The van der Waals surface area contributed by atoms with Crippen LogP contribution in [0.15, 0.2) is 67.1 Å². The maximum atomic E-state index is 5.85. The van der Waals surface area contributed by atoms with Crippen LogP contribution in [0.2, 0.25) is 0 Å². The van der Waals surface area contributed by atoms with Crippen molar-refractivity contribution < 1.29 is 9.57 Å². The van der Waals surface area contributed by atoms with Gasteiger partial charge in [-0.2, -0.15) is 0 Å². The fourth-order valence-electron chi connectivity index (χ4n) is 2.79. The second-order valence-electron chi connectivity index (χ2n) is 6.48. The second kappa shape index (κ2) is 9.78. The molecular formula is C22H26N2O2. The van der Waals surface area contributed by atoms with Crippen LogP contribution in [-0.4, -0.2) is 17.7 Å². The van der Waals surface area contributed by atoms with Gasteiger partial charge in [0.25, 0.3) is 0 Å². The van der Waals surface area contributed by atoms with Crippen LogP contribution in [0.3, 0.4) is 0 Å². The fraction of sp³-hybridized carbons (Fsp3) is 0.318. The first-order chi connectivity index (χ1) is 12.8. The topological polar surface area (TPSA) is 43.4 Å². The monoisotopic (exact) mass is 350 g/mol. The molecule has 2 heterocycles. The molecule has 0 saturated heterocycles. The lowest BCUT2D eigenvalue weighted by Gasteiger charge is -2.14. The summed E-state index contributed by atoms with van der Waals surface area (Å²) in [5.41, 5.74) is 6.43. The normalized spacial score (nSPS) is 20.2. The fourth-order valence-corrected chi connectivity index (χ4v) is 2.79. The maximum Gasteiger partial charge on any atom is 0.119 e. The number of benzene rings is 1. The van der Waals surface area contributed by atoms with Crippen molar-refractivity contribution in [3.8, 4) is 5.75 Å². The van der Waals surface area contributed by atoms with Crippen LogP contribution in [0.4, 0.5) is 0 Å². The molecule has 1 atom stereocenters. The molecule has 1 aromatic carbocycles. The number of rotatable bonds is 7. The third-order valence-electron chi connectivity index (χ3n) is 4.29. The van der Waals surface area contributed by atoms with Gasteiger partial charge in [0, 0.05) is 18.6 Å². The standard InChI is InChI=1S/C22H26N2O2/c1-18-6-4-9-21(17-24-26-18)20-10-12-22(13-11-20)25-15-3-2-7-19-8-5-14-23-16-19/h4-5,8-14,16-18,24H,2-3,6-7,15H2,1H3/b9-4+,21-17+. The summed E-state index contributed by atoms with van der Waals surface area (Å²) in [5, 5.41) is 0. The Morgan fingerprint density at radius 3 is 2.88 bits per heavy atom. The van der Waals surface area contributed by atoms with E-state index in [4.69, 9.17) is 9.57 Å². The van der Waals surface area contributed by atoms with Crippen LogP contribution >= 0.6 is 0 Å². The minimum atomic E-state index is 0.179. The van der Waals surface area contributed by atoms with Crippen molar-refractivity contribution in [2.75, 3.05) is 6.61 Å². The van der Waals surface area contributed by atoms with Crippen molar-refractivity contribution in [3.63, 3.8) is 0 Å². The highest BCUT2D eigenvalue weighted by atomic mass is 16.7. The van der Waals surface area contributed by atoms with Crippen molar-refractivity contribution >= 4 is 5.57 Å². The van der Waals surface area contributed by atoms with Crippen molar-refractivity contribution in [2.45, 2.75) is 38.7 Å². The second-order valence-corrected chi connectivity index (χ2v) is 6.48. The number of hydrogen-bond acceptors (Lipinski definition) is 4. The van der Waals surface area contributed by atoms with Gasteiger partial charge in [-0.25, -0.2) is 0 Å². The highest BCUT2D eigenvalue weighted by Gasteiger charge is 2.05. The van der Waals surface area contributed by atoms with Crippen LogP contribution in [-0.2, 0) is 11.3 Å². The number of hydroxylamine groups is 1. The SMILES string of the molecule is CC1C/C=C/C(c2ccc(OCCCCc3cccnc3)cc2)=C\NO1. The number of nitrogens with zero attached hydrogens (tertiary/aromatic N) is 1. The van der Waals surface area contributed by atoms with E-state index in [1.807, 2.05) is 43.7 Å². The number of aromatic nitrogens is 1. The number of pyridine rings is 1. The molecule has 26 heavy (non-hydrogen) atoms. The van der Waals surface area contributed by atoms with E-state index >= 15 is 0 Å². The Bertz CT molecular complexity index is 724. The first-order valence-electron chi connectivity index (χ1n) is 9.21. The van der Waals surface area contributed by atoms with E-state index < -0.39 is 0 Å². The highest BCUT2D eigenvalue weighted by Crippen LogP contribution is 2.21. The number of unbranched alkanes of at least 4 members (excludes halogenated alkanes) is 1. The molecule has 0 aliphatic carbocycles. The number of allylic oxidation sites excluding steroid dienone is 2. The molecule has 1 N–H and O–H groups in total. The molecule has 1 aromatic heterocycles. The van der Waals surface area contributed by atoms with Gasteiger partial charge in [0.1, 0.15) is 5.75 Å². The smallest absolute Gasteiger partial charge is 0.119 e. The quantitative estimate of drug-likeness (QED) is 0.736. The van der Waals surface area contributed by atoms with Gasteiger partial charge in [0.15, 0.2) is 0 Å². The number of hydrogen-bond donors (Lipinski definition) is 1. The third-order valence-corrected chi connectivity index (χ3v) is 4.29. The predicted molar refractivity (Wildman–Crippen MR) is 105 cm³/mol. The molecule has 1 unspecified atom stereocenters. The Morgan fingerprint density at radius 1 is 1.19 bits per heavy atom. The number of nitrogens with one attached hydrogen (secondary N) is 1. The van der Waals surface area contributed by atoms with Crippen molar-refractivity contribution in [3.05, 3.63) is 78.3 Å². The first-order valence-corrected chi connectivity index (χ1v) is 9.21. The van der Waals surface area contributed by atoms with Gasteiger partial charge in [0.2, 0.25) is 0 Å². The summed E-state index contributed by atoms with van der Waals surface area (Å²) in [6.07, 6.45) is 14.1. The van der Waals surface area contributed by atoms with Crippen LogP contribution in [0.5, 0.6) is 5.75 Å². The average Bonchev–Trinajstić information content (AvgIpc) is 2.66. The van der Waals surface area contributed by atoms with E-state index in [1.165, 1.54) is 5.56 Å². The van der Waals surface area contributed by atoms with Gasteiger partial charge in [0.05, 0.1) is 12.7 Å². The minimum Gasteiger partial charge on any atom is -0.494 e. The first kappa shape index (κ1) is 18.2. The lowest BCUT2D eigenvalue weighted by molar-refractivity contribution is 0.0118. The van der Waals surface area contributed by atoms with Crippen LogP contribution < -0.4 is 10.2 Å². The molecule has 0 fully saturated rings. The summed E-state index contributed by atoms with van der Waals surface area (Å²) >= 11 is 0. The van der Waals surface area contributed by atoms with Crippen molar-refractivity contribution in [2.24, 2.45) is 0 Å².